The second-order valence-corrected chi connectivity index (χ2v) is 4.59. The largest absolute Gasteiger partial charge is 0.444 e. The number of furan rings is 1. The van der Waals surface area contributed by atoms with E-state index >= 15 is 0 Å². The van der Waals surface area contributed by atoms with Crippen molar-refractivity contribution in [3.63, 3.8) is 0 Å². The molecule has 1 heterocycles. The van der Waals surface area contributed by atoms with Crippen molar-refractivity contribution in [2.45, 2.75) is 25.6 Å². The number of hydrogen-bond donors (Lipinski definition) is 1. The maximum absolute atomic E-state index is 12.0. The molecule has 2 nitrogen and oxygen atoms in total. The number of rotatable bonds is 5. The summed E-state index contributed by atoms with van der Waals surface area (Å²) in [6.07, 6.45) is -4.82. The summed E-state index contributed by atoms with van der Waals surface area (Å²) in [5.74, 6) is 0. The Morgan fingerprint density at radius 2 is 1.95 bits per heavy atom. The third-order valence-electron chi connectivity index (χ3n) is 2.76. The molecule has 0 saturated carbocycles. The van der Waals surface area contributed by atoms with E-state index in [0.29, 0.717) is 12.1 Å². The molecule has 19 heavy (non-hydrogen) atoms. The first kappa shape index (κ1) is 14.2. The van der Waals surface area contributed by atoms with Crippen LogP contribution in [0.5, 0.6) is 0 Å². The Kier molecular flexibility index (Phi) is 4.37. The maximum atomic E-state index is 12.0. The van der Waals surface area contributed by atoms with E-state index in [9.17, 15) is 13.2 Å². The molecule has 0 spiro atoms. The summed E-state index contributed by atoms with van der Waals surface area (Å²) in [6, 6.07) is 7.37. The van der Waals surface area contributed by atoms with E-state index in [1.165, 1.54) is 0 Å². The van der Waals surface area contributed by atoms with Crippen molar-refractivity contribution in [3.05, 3.63) is 35.0 Å². The van der Waals surface area contributed by atoms with E-state index in [-0.39, 0.29) is 18.2 Å². The van der Waals surface area contributed by atoms with Gasteiger partial charge in [0.2, 0.25) is 0 Å². The Morgan fingerprint density at radius 1 is 1.21 bits per heavy atom. The molecule has 0 aliphatic heterocycles. The van der Waals surface area contributed by atoms with Crippen LogP contribution in [0.15, 0.2) is 28.7 Å². The molecule has 2 aromatic rings. The van der Waals surface area contributed by atoms with E-state index in [2.05, 4.69) is 5.32 Å². The molecule has 0 atom stereocenters. The van der Waals surface area contributed by atoms with E-state index in [0.717, 1.165) is 10.9 Å². The molecule has 6 heteroatoms. The van der Waals surface area contributed by atoms with Crippen molar-refractivity contribution in [1.82, 2.24) is 5.32 Å². The minimum Gasteiger partial charge on any atom is -0.444 e. The number of nitrogens with one attached hydrogen (secondary N) is 1. The van der Waals surface area contributed by atoms with Crippen LogP contribution in [0.25, 0.3) is 11.0 Å². The zero-order valence-electron chi connectivity index (χ0n) is 10.1. The lowest BCUT2D eigenvalue weighted by Gasteiger charge is -2.06. The van der Waals surface area contributed by atoms with Crippen LogP contribution in [0.2, 0.25) is 5.22 Å². The molecule has 104 valence electrons. The van der Waals surface area contributed by atoms with Gasteiger partial charge in [0.05, 0.1) is 0 Å². The molecule has 0 radical (unpaired) electrons. The third-order valence-corrected chi connectivity index (χ3v) is 3.07. The fourth-order valence-corrected chi connectivity index (χ4v) is 2.11. The lowest BCUT2D eigenvalue weighted by atomic mass is 10.2. The number of halogens is 4. The van der Waals surface area contributed by atoms with Crippen LogP contribution in [0.4, 0.5) is 13.2 Å². The number of hydrogen-bond acceptors (Lipinski definition) is 2. The van der Waals surface area contributed by atoms with Gasteiger partial charge in [0.1, 0.15) is 5.58 Å². The van der Waals surface area contributed by atoms with Gasteiger partial charge in [0.15, 0.2) is 5.22 Å². The minimum absolute atomic E-state index is 0.0525. The van der Waals surface area contributed by atoms with Gasteiger partial charge in [-0.2, -0.15) is 13.2 Å². The predicted molar refractivity (Wildman–Crippen MR) is 68.2 cm³/mol. The highest BCUT2D eigenvalue weighted by atomic mass is 35.5. The molecular formula is C13H13ClF3NO. The summed E-state index contributed by atoms with van der Waals surface area (Å²) in [6.45, 7) is 0.684. The standard InChI is InChI=1S/C13H13ClF3NO/c14-12-10(8-18-7-3-6-13(15,16)17)9-4-1-2-5-11(9)19-12/h1-2,4-5,18H,3,6-8H2. The first-order valence-corrected chi connectivity index (χ1v) is 6.28. The fourth-order valence-electron chi connectivity index (χ4n) is 1.86. The van der Waals surface area contributed by atoms with Gasteiger partial charge in [-0.15, -0.1) is 0 Å². The second kappa shape index (κ2) is 5.84. The molecule has 2 rings (SSSR count). The average Bonchev–Trinajstić information content (AvgIpc) is 2.64. The number of benzene rings is 1. The van der Waals surface area contributed by atoms with Crippen LogP contribution < -0.4 is 5.32 Å². The highest BCUT2D eigenvalue weighted by molar-refractivity contribution is 6.30. The number of para-hydroxylation sites is 1. The molecule has 1 aromatic carbocycles. The third kappa shape index (κ3) is 3.88. The number of fused-ring (bicyclic) bond motifs is 1. The zero-order chi connectivity index (χ0) is 13.9. The van der Waals surface area contributed by atoms with Crippen molar-refractivity contribution >= 4 is 22.6 Å². The molecule has 0 fully saturated rings. The maximum Gasteiger partial charge on any atom is 0.389 e. The molecular weight excluding hydrogens is 279 g/mol. The highest BCUT2D eigenvalue weighted by Gasteiger charge is 2.25. The Balaban J connectivity index is 1.90. The summed E-state index contributed by atoms with van der Waals surface area (Å²) in [7, 11) is 0. The van der Waals surface area contributed by atoms with Gasteiger partial charge in [-0.25, -0.2) is 0 Å². The first-order valence-electron chi connectivity index (χ1n) is 5.91. The summed E-state index contributed by atoms with van der Waals surface area (Å²) in [5, 5.41) is 4.12. The normalized spacial score (nSPS) is 12.2. The summed E-state index contributed by atoms with van der Waals surface area (Å²) < 4.78 is 41.3. The van der Waals surface area contributed by atoms with Gasteiger partial charge in [0.25, 0.3) is 0 Å². The van der Waals surface area contributed by atoms with Gasteiger partial charge >= 0.3 is 6.18 Å². The quantitative estimate of drug-likeness (QED) is 0.820. The van der Waals surface area contributed by atoms with Gasteiger partial charge in [-0.3, -0.25) is 0 Å². The van der Waals surface area contributed by atoms with Crippen LogP contribution in [0.3, 0.4) is 0 Å². The zero-order valence-corrected chi connectivity index (χ0v) is 10.8. The lowest BCUT2D eigenvalue weighted by molar-refractivity contribution is -0.135. The Morgan fingerprint density at radius 3 is 2.68 bits per heavy atom. The second-order valence-electron chi connectivity index (χ2n) is 4.25. The van der Waals surface area contributed by atoms with E-state index < -0.39 is 12.6 Å². The topological polar surface area (TPSA) is 25.2 Å². The fraction of sp³-hybridized carbons (Fsp3) is 0.385. The van der Waals surface area contributed by atoms with Crippen molar-refractivity contribution in [2.24, 2.45) is 0 Å². The summed E-state index contributed by atoms with van der Waals surface area (Å²) >= 11 is 5.97. The summed E-state index contributed by atoms with van der Waals surface area (Å²) in [4.78, 5) is 0. The van der Waals surface area contributed by atoms with Gasteiger partial charge in [0, 0.05) is 23.9 Å². The Labute approximate surface area is 113 Å². The van der Waals surface area contributed by atoms with Crippen molar-refractivity contribution in [2.75, 3.05) is 6.54 Å². The molecule has 0 saturated heterocycles. The van der Waals surface area contributed by atoms with Crippen LogP contribution in [0.1, 0.15) is 18.4 Å². The van der Waals surface area contributed by atoms with Crippen molar-refractivity contribution in [3.8, 4) is 0 Å². The lowest BCUT2D eigenvalue weighted by Crippen LogP contribution is -2.17. The highest BCUT2D eigenvalue weighted by Crippen LogP contribution is 2.29. The van der Waals surface area contributed by atoms with Crippen molar-refractivity contribution < 1.29 is 17.6 Å². The Bertz CT molecular complexity index is 550. The van der Waals surface area contributed by atoms with E-state index in [1.54, 1.807) is 6.07 Å². The smallest absolute Gasteiger partial charge is 0.389 e. The van der Waals surface area contributed by atoms with Crippen LogP contribution in [-0.4, -0.2) is 12.7 Å². The van der Waals surface area contributed by atoms with Crippen molar-refractivity contribution in [1.29, 1.82) is 0 Å². The average molecular weight is 292 g/mol. The molecule has 1 N–H and O–H groups in total. The van der Waals surface area contributed by atoms with Gasteiger partial charge in [-0.05, 0) is 30.6 Å². The molecule has 0 aliphatic rings. The first-order chi connectivity index (χ1) is 8.97. The molecule has 0 amide bonds. The molecule has 0 unspecified atom stereocenters. The predicted octanol–water partition coefficient (Wildman–Crippen LogP) is 4.52. The minimum atomic E-state index is -4.10. The molecule has 0 bridgehead atoms. The molecule has 0 aliphatic carbocycles. The van der Waals surface area contributed by atoms with Gasteiger partial charge in [-0.1, -0.05) is 18.2 Å². The van der Waals surface area contributed by atoms with Crippen LogP contribution in [-0.2, 0) is 6.54 Å². The van der Waals surface area contributed by atoms with Crippen LogP contribution >= 0.6 is 11.6 Å². The monoisotopic (exact) mass is 291 g/mol. The Hall–Kier alpha value is -1.20. The van der Waals surface area contributed by atoms with Crippen LogP contribution in [0, 0.1) is 0 Å². The molecule has 1 aromatic heterocycles. The van der Waals surface area contributed by atoms with E-state index in [4.69, 9.17) is 16.0 Å². The SMILES string of the molecule is FC(F)(F)CCCNCc1c(Cl)oc2ccccc12. The van der Waals surface area contributed by atoms with E-state index in [1.807, 2.05) is 18.2 Å². The number of alkyl halides is 3. The summed E-state index contributed by atoms with van der Waals surface area (Å²) in [5.41, 5.74) is 1.46. The van der Waals surface area contributed by atoms with Gasteiger partial charge < -0.3 is 9.73 Å².